The van der Waals surface area contributed by atoms with E-state index in [2.05, 4.69) is 21.0 Å². The van der Waals surface area contributed by atoms with Gasteiger partial charge >= 0.3 is 5.97 Å². The lowest BCUT2D eigenvalue weighted by molar-refractivity contribution is 0.0687. The molecule has 0 atom stereocenters. The van der Waals surface area contributed by atoms with Crippen molar-refractivity contribution in [3.63, 3.8) is 0 Å². The zero-order valence-electron chi connectivity index (χ0n) is 9.42. The number of benzene rings is 1. The van der Waals surface area contributed by atoms with E-state index in [0.29, 0.717) is 5.69 Å². The first-order valence-electron chi connectivity index (χ1n) is 5.09. The van der Waals surface area contributed by atoms with Gasteiger partial charge in [-0.3, -0.25) is 4.79 Å². The molecule has 6 heteroatoms. The molecule has 0 saturated carbocycles. The summed E-state index contributed by atoms with van der Waals surface area (Å²) in [5, 5.41) is 12.7. The van der Waals surface area contributed by atoms with Gasteiger partial charge < -0.3 is 5.11 Å². The largest absolute Gasteiger partial charge is 0.476 e. The van der Waals surface area contributed by atoms with Crippen LogP contribution in [0.15, 0.2) is 39.7 Å². The number of halogens is 1. The Bertz CT molecular complexity index is 679. The minimum Gasteiger partial charge on any atom is -0.476 e. The maximum atomic E-state index is 11.3. The van der Waals surface area contributed by atoms with Gasteiger partial charge in [0.1, 0.15) is 0 Å². The fourth-order valence-corrected chi connectivity index (χ4v) is 1.87. The van der Waals surface area contributed by atoms with Crippen LogP contribution in [0.2, 0.25) is 0 Å². The predicted octanol–water partition coefficient (Wildman–Crippen LogP) is 2.00. The van der Waals surface area contributed by atoms with E-state index in [-0.39, 0.29) is 0 Å². The van der Waals surface area contributed by atoms with E-state index < -0.39 is 17.1 Å². The van der Waals surface area contributed by atoms with Gasteiger partial charge in [-0.15, -0.1) is 0 Å². The molecule has 0 bridgehead atoms. The van der Waals surface area contributed by atoms with Crippen molar-refractivity contribution in [2.75, 3.05) is 0 Å². The van der Waals surface area contributed by atoms with Crippen LogP contribution >= 0.6 is 15.9 Å². The van der Waals surface area contributed by atoms with E-state index in [0.717, 1.165) is 10.0 Å². The molecule has 0 aliphatic rings. The third-order valence-electron chi connectivity index (χ3n) is 2.43. The lowest BCUT2D eigenvalue weighted by Crippen LogP contribution is -2.20. The summed E-state index contributed by atoms with van der Waals surface area (Å²) in [6.07, 6.45) is 1.45. The fraction of sp³-hybridized carbons (Fsp3) is 0.0833. The summed E-state index contributed by atoms with van der Waals surface area (Å²) in [5.41, 5.74) is 0.542. The molecule has 1 heterocycles. The Hall–Kier alpha value is -1.95. The summed E-state index contributed by atoms with van der Waals surface area (Å²) < 4.78 is 2.23. The molecule has 0 unspecified atom stereocenters. The van der Waals surface area contributed by atoms with Crippen LogP contribution in [0.1, 0.15) is 16.1 Å². The SMILES string of the molecule is Cc1ccc(Br)cc1-n1ccc(=O)c(C(=O)O)n1. The molecule has 18 heavy (non-hydrogen) atoms. The Balaban J connectivity index is 2.65. The van der Waals surface area contributed by atoms with Crippen LogP contribution in [0.3, 0.4) is 0 Å². The monoisotopic (exact) mass is 308 g/mol. The summed E-state index contributed by atoms with van der Waals surface area (Å²) >= 11 is 3.34. The van der Waals surface area contributed by atoms with Crippen molar-refractivity contribution in [2.24, 2.45) is 0 Å². The number of aromatic carboxylic acids is 1. The van der Waals surface area contributed by atoms with Gasteiger partial charge in [0, 0.05) is 16.7 Å². The topological polar surface area (TPSA) is 72.2 Å². The third-order valence-corrected chi connectivity index (χ3v) is 2.92. The summed E-state index contributed by atoms with van der Waals surface area (Å²) in [6.45, 7) is 1.88. The van der Waals surface area contributed by atoms with Crippen LogP contribution < -0.4 is 5.43 Å². The Morgan fingerprint density at radius 2 is 2.11 bits per heavy atom. The third kappa shape index (κ3) is 2.33. The number of aryl methyl sites for hydroxylation is 1. The molecule has 0 saturated heterocycles. The molecular formula is C12H9BrN2O3. The second-order valence-corrected chi connectivity index (χ2v) is 4.62. The predicted molar refractivity (Wildman–Crippen MR) is 69.2 cm³/mol. The molecular weight excluding hydrogens is 300 g/mol. The lowest BCUT2D eigenvalue weighted by atomic mass is 10.2. The zero-order chi connectivity index (χ0) is 13.3. The molecule has 0 spiro atoms. The van der Waals surface area contributed by atoms with Crippen molar-refractivity contribution >= 4 is 21.9 Å². The number of carboxylic acids is 1. The van der Waals surface area contributed by atoms with Crippen molar-refractivity contribution in [2.45, 2.75) is 6.92 Å². The summed E-state index contributed by atoms with van der Waals surface area (Å²) in [7, 11) is 0. The Morgan fingerprint density at radius 3 is 2.78 bits per heavy atom. The Labute approximate surface area is 111 Å². The molecule has 0 radical (unpaired) electrons. The molecule has 0 aliphatic carbocycles. The normalized spacial score (nSPS) is 10.3. The minimum atomic E-state index is -1.33. The van der Waals surface area contributed by atoms with Crippen LogP contribution in [-0.2, 0) is 0 Å². The molecule has 1 aromatic carbocycles. The zero-order valence-corrected chi connectivity index (χ0v) is 11.0. The highest BCUT2D eigenvalue weighted by atomic mass is 79.9. The minimum absolute atomic E-state index is 0.489. The van der Waals surface area contributed by atoms with Crippen molar-refractivity contribution in [3.8, 4) is 5.69 Å². The number of hydrogen-bond donors (Lipinski definition) is 1. The smallest absolute Gasteiger partial charge is 0.360 e. The molecule has 5 nitrogen and oxygen atoms in total. The van der Waals surface area contributed by atoms with Crippen LogP contribution in [0.4, 0.5) is 0 Å². The summed E-state index contributed by atoms with van der Waals surface area (Å²) in [4.78, 5) is 22.2. The highest BCUT2D eigenvalue weighted by Crippen LogP contribution is 2.18. The van der Waals surface area contributed by atoms with Gasteiger partial charge in [-0.25, -0.2) is 9.48 Å². The molecule has 1 aromatic heterocycles. The van der Waals surface area contributed by atoms with Crippen molar-refractivity contribution in [1.82, 2.24) is 9.78 Å². The van der Waals surface area contributed by atoms with Gasteiger partial charge in [-0.05, 0) is 24.6 Å². The van der Waals surface area contributed by atoms with Crippen molar-refractivity contribution in [1.29, 1.82) is 0 Å². The van der Waals surface area contributed by atoms with E-state index in [4.69, 9.17) is 5.11 Å². The van der Waals surface area contributed by atoms with Gasteiger partial charge in [-0.2, -0.15) is 5.10 Å². The van der Waals surface area contributed by atoms with Gasteiger partial charge in [0.2, 0.25) is 11.1 Å². The average molecular weight is 309 g/mol. The van der Waals surface area contributed by atoms with E-state index in [1.807, 2.05) is 19.1 Å². The standard InChI is InChI=1S/C12H9BrN2O3/c1-7-2-3-8(13)6-9(7)15-5-4-10(16)11(14-15)12(17)18/h2-6H,1H3,(H,17,18). The van der Waals surface area contributed by atoms with E-state index in [9.17, 15) is 9.59 Å². The first kappa shape index (κ1) is 12.5. The first-order chi connectivity index (χ1) is 8.49. The number of nitrogens with zero attached hydrogens (tertiary/aromatic N) is 2. The van der Waals surface area contributed by atoms with E-state index in [1.54, 1.807) is 6.07 Å². The van der Waals surface area contributed by atoms with Crippen LogP contribution in [-0.4, -0.2) is 20.9 Å². The Morgan fingerprint density at radius 1 is 1.39 bits per heavy atom. The summed E-state index contributed by atoms with van der Waals surface area (Å²) in [6, 6.07) is 6.74. The first-order valence-corrected chi connectivity index (χ1v) is 5.88. The second-order valence-electron chi connectivity index (χ2n) is 3.71. The van der Waals surface area contributed by atoms with Gasteiger partial charge in [0.05, 0.1) is 5.69 Å². The number of rotatable bonds is 2. The number of hydrogen-bond acceptors (Lipinski definition) is 3. The van der Waals surface area contributed by atoms with Crippen molar-refractivity contribution in [3.05, 3.63) is 56.4 Å². The van der Waals surface area contributed by atoms with Crippen LogP contribution in [0.5, 0.6) is 0 Å². The quantitative estimate of drug-likeness (QED) is 0.921. The number of carbonyl (C=O) groups is 1. The molecule has 0 fully saturated rings. The van der Waals surface area contributed by atoms with Crippen LogP contribution in [0, 0.1) is 6.92 Å². The summed E-state index contributed by atoms with van der Waals surface area (Å²) in [5.74, 6) is -1.33. The van der Waals surface area contributed by atoms with Crippen molar-refractivity contribution < 1.29 is 9.90 Å². The van der Waals surface area contributed by atoms with Gasteiger partial charge in [-0.1, -0.05) is 22.0 Å². The molecule has 2 rings (SSSR count). The molecule has 92 valence electrons. The fourth-order valence-electron chi connectivity index (χ4n) is 1.52. The molecule has 0 amide bonds. The van der Waals surface area contributed by atoms with Crippen LogP contribution in [0.25, 0.3) is 5.69 Å². The highest BCUT2D eigenvalue weighted by molar-refractivity contribution is 9.10. The lowest BCUT2D eigenvalue weighted by Gasteiger charge is -2.09. The molecule has 0 aliphatic heterocycles. The second kappa shape index (κ2) is 4.73. The molecule has 1 N–H and O–H groups in total. The number of carboxylic acid groups (broad SMARTS) is 1. The maximum absolute atomic E-state index is 11.3. The van der Waals surface area contributed by atoms with E-state index >= 15 is 0 Å². The molecule has 2 aromatic rings. The maximum Gasteiger partial charge on any atom is 0.360 e. The highest BCUT2D eigenvalue weighted by Gasteiger charge is 2.12. The van der Waals surface area contributed by atoms with E-state index in [1.165, 1.54) is 16.9 Å². The average Bonchev–Trinajstić information content (AvgIpc) is 2.33. The van der Waals surface area contributed by atoms with Gasteiger partial charge in [0.15, 0.2) is 0 Å². The number of aromatic nitrogens is 2. The Kier molecular flexibility index (Phi) is 3.29. The van der Waals surface area contributed by atoms with Gasteiger partial charge in [0.25, 0.3) is 0 Å².